The summed E-state index contributed by atoms with van der Waals surface area (Å²) >= 11 is 0. The topological polar surface area (TPSA) is 105 Å². The first-order valence-electron chi connectivity index (χ1n) is 11.7. The normalized spacial score (nSPS) is 20.3. The standard InChI is InChI=1S/C26H28F2N2O5/c1-15(12-22(31)32)10-11-29-24(33)23-21(26(23,27)28)13-30-25(34)35-14-20-18-8-4-2-6-16(18)17-7-3-5-9-19(17)20/h2-9,15,20-21,23H,10-14H2,1H3,(H,29,33)(H,30,34)(H,31,32)/t15?,21-,23-/m0/s1. The van der Waals surface area contributed by atoms with Crippen molar-refractivity contribution in [2.75, 3.05) is 19.7 Å². The molecule has 0 radical (unpaired) electrons. The summed E-state index contributed by atoms with van der Waals surface area (Å²) < 4.78 is 33.7. The Labute approximate surface area is 201 Å². The Morgan fingerprint density at radius 1 is 1.03 bits per heavy atom. The van der Waals surface area contributed by atoms with Crippen molar-refractivity contribution in [1.82, 2.24) is 10.6 Å². The molecular formula is C26H28F2N2O5. The van der Waals surface area contributed by atoms with Crippen LogP contribution >= 0.6 is 0 Å². The summed E-state index contributed by atoms with van der Waals surface area (Å²) in [5.41, 5.74) is 4.26. The van der Waals surface area contributed by atoms with Crippen LogP contribution in [0.25, 0.3) is 11.1 Å². The molecule has 0 aromatic heterocycles. The minimum atomic E-state index is -3.21. The molecule has 0 heterocycles. The largest absolute Gasteiger partial charge is 0.481 e. The van der Waals surface area contributed by atoms with Crippen LogP contribution in [-0.2, 0) is 14.3 Å². The molecule has 0 spiro atoms. The van der Waals surface area contributed by atoms with Crippen molar-refractivity contribution >= 4 is 18.0 Å². The fourth-order valence-electron chi connectivity index (χ4n) is 4.80. The number of benzene rings is 2. The van der Waals surface area contributed by atoms with Crippen molar-refractivity contribution in [3.05, 3.63) is 59.7 Å². The fourth-order valence-corrected chi connectivity index (χ4v) is 4.80. The van der Waals surface area contributed by atoms with Crippen LogP contribution in [0.3, 0.4) is 0 Å². The van der Waals surface area contributed by atoms with Crippen LogP contribution < -0.4 is 10.6 Å². The Morgan fingerprint density at radius 3 is 2.23 bits per heavy atom. The number of hydrogen-bond acceptors (Lipinski definition) is 4. The number of alkyl halides is 2. The lowest BCUT2D eigenvalue weighted by Gasteiger charge is -2.14. The van der Waals surface area contributed by atoms with E-state index in [2.05, 4.69) is 10.6 Å². The second-order valence-corrected chi connectivity index (χ2v) is 9.25. The third-order valence-electron chi connectivity index (χ3n) is 6.75. The van der Waals surface area contributed by atoms with E-state index in [4.69, 9.17) is 9.84 Å². The predicted octanol–water partition coefficient (Wildman–Crippen LogP) is 4.02. The fraction of sp³-hybridized carbons (Fsp3) is 0.423. The van der Waals surface area contributed by atoms with Crippen LogP contribution in [0.1, 0.15) is 36.8 Å². The molecule has 9 heteroatoms. The molecule has 2 aromatic carbocycles. The van der Waals surface area contributed by atoms with E-state index in [1.165, 1.54) is 0 Å². The van der Waals surface area contributed by atoms with Gasteiger partial charge in [-0.3, -0.25) is 9.59 Å². The van der Waals surface area contributed by atoms with Crippen LogP contribution in [0.5, 0.6) is 0 Å². The first kappa shape index (κ1) is 24.6. The summed E-state index contributed by atoms with van der Waals surface area (Å²) in [7, 11) is 0. The van der Waals surface area contributed by atoms with Crippen molar-refractivity contribution in [1.29, 1.82) is 0 Å². The molecule has 1 saturated carbocycles. The van der Waals surface area contributed by atoms with Crippen LogP contribution in [0, 0.1) is 17.8 Å². The number of hydrogen-bond donors (Lipinski definition) is 3. The Kier molecular flexibility index (Phi) is 7.05. The lowest BCUT2D eigenvalue weighted by molar-refractivity contribution is -0.138. The van der Waals surface area contributed by atoms with Crippen molar-refractivity contribution in [3.8, 4) is 11.1 Å². The van der Waals surface area contributed by atoms with Crippen LogP contribution in [0.15, 0.2) is 48.5 Å². The highest BCUT2D eigenvalue weighted by Crippen LogP contribution is 2.55. The minimum absolute atomic E-state index is 0.0534. The van der Waals surface area contributed by atoms with Gasteiger partial charge in [-0.2, -0.15) is 0 Å². The number of carbonyl (C=O) groups excluding carboxylic acids is 2. The zero-order valence-corrected chi connectivity index (χ0v) is 19.3. The second-order valence-electron chi connectivity index (χ2n) is 9.25. The molecule has 186 valence electrons. The van der Waals surface area contributed by atoms with E-state index in [9.17, 15) is 23.2 Å². The summed E-state index contributed by atoms with van der Waals surface area (Å²) in [6.07, 6.45) is -0.488. The summed E-state index contributed by atoms with van der Waals surface area (Å²) in [5.74, 6) is -8.11. The van der Waals surface area contributed by atoms with E-state index >= 15 is 0 Å². The van der Waals surface area contributed by atoms with Gasteiger partial charge in [-0.1, -0.05) is 55.5 Å². The van der Waals surface area contributed by atoms with Gasteiger partial charge in [-0.05, 0) is 34.6 Å². The monoisotopic (exact) mass is 486 g/mol. The Hall–Kier alpha value is -3.49. The number of carbonyl (C=O) groups is 3. The highest BCUT2D eigenvalue weighted by molar-refractivity contribution is 5.84. The molecular weight excluding hydrogens is 458 g/mol. The molecule has 2 aliphatic carbocycles. The van der Waals surface area contributed by atoms with Gasteiger partial charge < -0.3 is 20.5 Å². The quantitative estimate of drug-likeness (QED) is 0.471. The van der Waals surface area contributed by atoms with Gasteiger partial charge in [0.1, 0.15) is 12.5 Å². The summed E-state index contributed by atoms with van der Waals surface area (Å²) in [5, 5.41) is 13.6. The number of aliphatic carboxylic acids is 1. The van der Waals surface area contributed by atoms with Gasteiger partial charge in [0, 0.05) is 25.4 Å². The molecule has 1 fully saturated rings. The van der Waals surface area contributed by atoms with E-state index in [-0.39, 0.29) is 38.0 Å². The molecule has 7 nitrogen and oxygen atoms in total. The molecule has 0 bridgehead atoms. The van der Waals surface area contributed by atoms with Crippen LogP contribution in [0.4, 0.5) is 13.6 Å². The number of carboxylic acids is 1. The van der Waals surface area contributed by atoms with Crippen molar-refractivity contribution in [3.63, 3.8) is 0 Å². The van der Waals surface area contributed by atoms with Crippen LogP contribution in [-0.4, -0.2) is 48.7 Å². The first-order chi connectivity index (χ1) is 16.7. The molecule has 4 rings (SSSR count). The predicted molar refractivity (Wildman–Crippen MR) is 124 cm³/mol. The van der Waals surface area contributed by atoms with Crippen molar-refractivity contribution in [2.24, 2.45) is 17.8 Å². The average Bonchev–Trinajstić information content (AvgIpc) is 3.22. The third kappa shape index (κ3) is 5.28. The molecule has 1 unspecified atom stereocenters. The van der Waals surface area contributed by atoms with Crippen molar-refractivity contribution in [2.45, 2.75) is 31.6 Å². The maximum Gasteiger partial charge on any atom is 0.407 e. The van der Waals surface area contributed by atoms with Gasteiger partial charge in [-0.25, -0.2) is 13.6 Å². The van der Waals surface area contributed by atoms with Gasteiger partial charge in [0.2, 0.25) is 5.91 Å². The molecule has 3 N–H and O–H groups in total. The lowest BCUT2D eigenvalue weighted by Crippen LogP contribution is -2.31. The number of amides is 2. The van der Waals surface area contributed by atoms with Crippen LogP contribution in [0.2, 0.25) is 0 Å². The van der Waals surface area contributed by atoms with Crippen molar-refractivity contribution < 1.29 is 33.0 Å². The third-order valence-corrected chi connectivity index (χ3v) is 6.75. The molecule has 0 saturated heterocycles. The zero-order chi connectivity index (χ0) is 25.2. The summed E-state index contributed by atoms with van der Waals surface area (Å²) in [6, 6.07) is 15.7. The number of ether oxygens (including phenoxy) is 1. The molecule has 2 aliphatic rings. The van der Waals surface area contributed by atoms with E-state index in [1.54, 1.807) is 6.92 Å². The maximum atomic E-state index is 14.2. The molecule has 2 amide bonds. The Balaban J connectivity index is 1.24. The van der Waals surface area contributed by atoms with Gasteiger partial charge in [0.25, 0.3) is 5.92 Å². The number of fused-ring (bicyclic) bond motifs is 3. The van der Waals surface area contributed by atoms with Gasteiger partial charge in [0.05, 0.1) is 5.92 Å². The summed E-state index contributed by atoms with van der Waals surface area (Å²) in [6.45, 7) is 1.52. The van der Waals surface area contributed by atoms with Gasteiger partial charge in [-0.15, -0.1) is 0 Å². The Bertz CT molecular complexity index is 1080. The molecule has 35 heavy (non-hydrogen) atoms. The number of alkyl carbamates (subject to hydrolysis) is 1. The SMILES string of the molecule is CC(CCNC(=O)[C@@H]1[C@H](CNC(=O)OCC2c3ccccc3-c3ccccc32)C1(F)F)CC(=O)O. The molecule has 3 atom stereocenters. The number of halogens is 2. The summed E-state index contributed by atoms with van der Waals surface area (Å²) in [4.78, 5) is 35.1. The lowest BCUT2D eigenvalue weighted by atomic mass is 9.98. The van der Waals surface area contributed by atoms with Gasteiger partial charge >= 0.3 is 12.1 Å². The second kappa shape index (κ2) is 10.0. The number of nitrogens with one attached hydrogen (secondary N) is 2. The van der Waals surface area contributed by atoms with E-state index in [0.29, 0.717) is 6.42 Å². The molecule has 2 aromatic rings. The highest BCUT2D eigenvalue weighted by Gasteiger charge is 2.71. The van der Waals surface area contributed by atoms with E-state index in [1.807, 2.05) is 48.5 Å². The maximum absolute atomic E-state index is 14.2. The zero-order valence-electron chi connectivity index (χ0n) is 19.3. The number of carboxylic acid groups (broad SMARTS) is 1. The van der Waals surface area contributed by atoms with E-state index < -0.39 is 35.7 Å². The minimum Gasteiger partial charge on any atom is -0.481 e. The molecule has 0 aliphatic heterocycles. The Morgan fingerprint density at radius 2 is 1.63 bits per heavy atom. The highest BCUT2D eigenvalue weighted by atomic mass is 19.3. The smallest absolute Gasteiger partial charge is 0.407 e. The first-order valence-corrected chi connectivity index (χ1v) is 11.7. The number of rotatable bonds is 10. The van der Waals surface area contributed by atoms with E-state index in [0.717, 1.165) is 22.3 Å². The average molecular weight is 487 g/mol. The van der Waals surface area contributed by atoms with Gasteiger partial charge in [0.15, 0.2) is 0 Å².